The Balaban J connectivity index is 1.36. The minimum Gasteiger partial charge on any atom is -0.492 e. The van der Waals surface area contributed by atoms with Crippen molar-refractivity contribution in [2.24, 2.45) is 5.92 Å². The second-order valence-corrected chi connectivity index (χ2v) is 7.73. The number of aliphatic hydroxyl groups excluding tert-OH is 1. The van der Waals surface area contributed by atoms with E-state index in [2.05, 4.69) is 31.7 Å². The summed E-state index contributed by atoms with van der Waals surface area (Å²) in [6.07, 6.45) is 5.35. The molecular weight excluding hydrogens is 392 g/mol. The van der Waals surface area contributed by atoms with Crippen molar-refractivity contribution in [3.05, 3.63) is 48.2 Å². The number of nitriles is 1. The maximum atomic E-state index is 9.71. The quantitative estimate of drug-likeness (QED) is 0.477. The number of ether oxygens (including phenoxy) is 1. The van der Waals surface area contributed by atoms with Gasteiger partial charge >= 0.3 is 0 Å². The Hall–Kier alpha value is -3.44. The predicted octanol–water partition coefficient (Wildman–Crippen LogP) is 3.35. The molecule has 0 atom stereocenters. The summed E-state index contributed by atoms with van der Waals surface area (Å²) in [5, 5.41) is 25.2. The van der Waals surface area contributed by atoms with Gasteiger partial charge in [0.1, 0.15) is 17.9 Å². The standard InChI is InChI=1S/C23H26N6O2/c24-14-16-5-9-19(10-6-16)31-13-12-26-23-28-20-2-1-11-25-21(20)22(29-23)27-15-17-3-7-18(30)8-4-17/h1-2,5-6,9-11,17-18,30H,3-4,7-8,12-13,15H2,(H2,26,27,28,29). The second kappa shape index (κ2) is 10.0. The Labute approximate surface area is 181 Å². The molecule has 1 aliphatic rings. The normalized spacial score (nSPS) is 18.3. The summed E-state index contributed by atoms with van der Waals surface area (Å²) in [5.74, 6) is 2.47. The summed E-state index contributed by atoms with van der Waals surface area (Å²) in [6, 6.07) is 12.9. The van der Waals surface area contributed by atoms with Crippen LogP contribution in [0.5, 0.6) is 5.75 Å². The number of pyridine rings is 1. The summed E-state index contributed by atoms with van der Waals surface area (Å²) in [7, 11) is 0. The molecule has 4 rings (SSSR count). The first-order valence-corrected chi connectivity index (χ1v) is 10.6. The highest BCUT2D eigenvalue weighted by atomic mass is 16.5. The zero-order valence-corrected chi connectivity index (χ0v) is 17.3. The van der Waals surface area contributed by atoms with Gasteiger partial charge in [-0.1, -0.05) is 0 Å². The highest BCUT2D eigenvalue weighted by molar-refractivity contribution is 5.86. The van der Waals surface area contributed by atoms with E-state index >= 15 is 0 Å². The fraction of sp³-hybridized carbons (Fsp3) is 0.391. The van der Waals surface area contributed by atoms with Crippen molar-refractivity contribution in [2.75, 3.05) is 30.3 Å². The van der Waals surface area contributed by atoms with E-state index in [9.17, 15) is 5.11 Å². The van der Waals surface area contributed by atoms with Crippen LogP contribution in [0.25, 0.3) is 11.0 Å². The molecule has 3 aromatic rings. The van der Waals surface area contributed by atoms with Gasteiger partial charge in [-0.3, -0.25) is 4.98 Å². The molecular formula is C23H26N6O2. The summed E-state index contributed by atoms with van der Waals surface area (Å²) in [4.78, 5) is 13.6. The molecule has 1 aliphatic carbocycles. The molecule has 2 heterocycles. The average molecular weight is 419 g/mol. The predicted molar refractivity (Wildman–Crippen MR) is 119 cm³/mol. The van der Waals surface area contributed by atoms with E-state index in [1.807, 2.05) is 12.1 Å². The van der Waals surface area contributed by atoms with Crippen LogP contribution in [-0.2, 0) is 0 Å². The Morgan fingerprint density at radius 2 is 1.87 bits per heavy atom. The van der Waals surface area contributed by atoms with Crippen molar-refractivity contribution in [1.29, 1.82) is 5.26 Å². The van der Waals surface area contributed by atoms with E-state index in [1.54, 1.807) is 30.5 Å². The average Bonchev–Trinajstić information content (AvgIpc) is 2.81. The number of anilines is 2. The number of hydrogen-bond donors (Lipinski definition) is 3. The molecule has 1 fully saturated rings. The van der Waals surface area contributed by atoms with Crippen LogP contribution in [0.1, 0.15) is 31.2 Å². The summed E-state index contributed by atoms with van der Waals surface area (Å²) in [6.45, 7) is 1.77. The topological polar surface area (TPSA) is 116 Å². The summed E-state index contributed by atoms with van der Waals surface area (Å²) in [5.41, 5.74) is 2.13. The lowest BCUT2D eigenvalue weighted by molar-refractivity contribution is 0.111. The van der Waals surface area contributed by atoms with Crippen molar-refractivity contribution in [1.82, 2.24) is 15.0 Å². The zero-order valence-electron chi connectivity index (χ0n) is 17.3. The molecule has 31 heavy (non-hydrogen) atoms. The van der Waals surface area contributed by atoms with Crippen molar-refractivity contribution < 1.29 is 9.84 Å². The lowest BCUT2D eigenvalue weighted by Crippen LogP contribution is -2.24. The third-order valence-electron chi connectivity index (χ3n) is 5.47. The first-order valence-electron chi connectivity index (χ1n) is 10.6. The van der Waals surface area contributed by atoms with Gasteiger partial charge in [-0.15, -0.1) is 0 Å². The number of benzene rings is 1. The first kappa shape index (κ1) is 20.8. The SMILES string of the molecule is N#Cc1ccc(OCCNc2nc(NCC3CCC(O)CC3)c3ncccc3n2)cc1. The number of fused-ring (bicyclic) bond motifs is 1. The van der Waals surface area contributed by atoms with Gasteiger partial charge in [0, 0.05) is 12.7 Å². The molecule has 0 bridgehead atoms. The van der Waals surface area contributed by atoms with Crippen molar-refractivity contribution in [2.45, 2.75) is 31.8 Å². The van der Waals surface area contributed by atoms with E-state index in [-0.39, 0.29) is 6.10 Å². The number of rotatable bonds is 8. The van der Waals surface area contributed by atoms with Crippen LogP contribution < -0.4 is 15.4 Å². The van der Waals surface area contributed by atoms with Gasteiger partial charge < -0.3 is 20.5 Å². The van der Waals surface area contributed by atoms with Gasteiger partial charge in [-0.2, -0.15) is 10.2 Å². The Morgan fingerprint density at radius 1 is 1.06 bits per heavy atom. The maximum absolute atomic E-state index is 9.71. The Morgan fingerprint density at radius 3 is 2.65 bits per heavy atom. The molecule has 2 aromatic heterocycles. The first-order chi connectivity index (χ1) is 15.2. The van der Waals surface area contributed by atoms with Crippen LogP contribution in [0.3, 0.4) is 0 Å². The van der Waals surface area contributed by atoms with Crippen molar-refractivity contribution in [3.8, 4) is 11.8 Å². The Kier molecular flexibility index (Phi) is 6.75. The van der Waals surface area contributed by atoms with Crippen molar-refractivity contribution >= 4 is 22.8 Å². The molecule has 0 saturated heterocycles. The fourth-order valence-corrected chi connectivity index (χ4v) is 3.72. The molecule has 8 nitrogen and oxygen atoms in total. The number of nitrogens with zero attached hydrogens (tertiary/aromatic N) is 4. The van der Waals surface area contributed by atoms with Gasteiger partial charge in [-0.05, 0) is 68.0 Å². The molecule has 3 N–H and O–H groups in total. The zero-order chi connectivity index (χ0) is 21.5. The lowest BCUT2D eigenvalue weighted by Gasteiger charge is -2.25. The smallest absolute Gasteiger partial charge is 0.225 e. The van der Waals surface area contributed by atoms with E-state index < -0.39 is 0 Å². The highest BCUT2D eigenvalue weighted by Crippen LogP contribution is 2.26. The van der Waals surface area contributed by atoms with Crippen molar-refractivity contribution in [3.63, 3.8) is 0 Å². The molecule has 1 aromatic carbocycles. The second-order valence-electron chi connectivity index (χ2n) is 7.73. The minimum atomic E-state index is -0.153. The van der Waals surface area contributed by atoms with Crippen LogP contribution in [0.2, 0.25) is 0 Å². The van der Waals surface area contributed by atoms with Gasteiger partial charge in [0.2, 0.25) is 5.95 Å². The summed E-state index contributed by atoms with van der Waals surface area (Å²) < 4.78 is 5.70. The third-order valence-corrected chi connectivity index (χ3v) is 5.47. The molecule has 8 heteroatoms. The fourth-order valence-electron chi connectivity index (χ4n) is 3.72. The van der Waals surface area contributed by atoms with E-state index in [0.717, 1.165) is 43.3 Å². The number of nitrogens with one attached hydrogen (secondary N) is 2. The van der Waals surface area contributed by atoms with Crippen LogP contribution >= 0.6 is 0 Å². The van der Waals surface area contributed by atoms with Gasteiger partial charge in [0.15, 0.2) is 5.82 Å². The third kappa shape index (κ3) is 5.58. The molecule has 160 valence electrons. The van der Waals surface area contributed by atoms with E-state index in [0.29, 0.717) is 42.1 Å². The number of aromatic nitrogens is 3. The minimum absolute atomic E-state index is 0.153. The maximum Gasteiger partial charge on any atom is 0.225 e. The molecule has 0 radical (unpaired) electrons. The van der Waals surface area contributed by atoms with Crippen LogP contribution in [-0.4, -0.2) is 45.9 Å². The molecule has 0 spiro atoms. The number of aliphatic hydroxyl groups is 1. The largest absolute Gasteiger partial charge is 0.492 e. The van der Waals surface area contributed by atoms with E-state index in [4.69, 9.17) is 10.00 Å². The summed E-state index contributed by atoms with van der Waals surface area (Å²) >= 11 is 0. The van der Waals surface area contributed by atoms with Gasteiger partial charge in [0.25, 0.3) is 0 Å². The molecule has 0 amide bonds. The Bertz CT molecular complexity index is 1040. The van der Waals surface area contributed by atoms with Crippen LogP contribution in [0, 0.1) is 17.2 Å². The van der Waals surface area contributed by atoms with Gasteiger partial charge in [0.05, 0.1) is 29.8 Å². The lowest BCUT2D eigenvalue weighted by atomic mass is 9.87. The van der Waals surface area contributed by atoms with Gasteiger partial charge in [-0.25, -0.2) is 4.98 Å². The number of hydrogen-bond acceptors (Lipinski definition) is 8. The highest BCUT2D eigenvalue weighted by Gasteiger charge is 2.19. The van der Waals surface area contributed by atoms with E-state index in [1.165, 1.54) is 0 Å². The monoisotopic (exact) mass is 418 g/mol. The van der Waals surface area contributed by atoms with Crippen LogP contribution in [0.4, 0.5) is 11.8 Å². The van der Waals surface area contributed by atoms with Crippen LogP contribution in [0.15, 0.2) is 42.6 Å². The molecule has 1 saturated carbocycles. The molecule has 0 unspecified atom stereocenters. The molecule has 0 aliphatic heterocycles.